The molecule has 1 aromatic heterocycles. The maximum Gasteiger partial charge on any atom is 0.327 e. The number of methoxy groups -OCH3 is 1. The van der Waals surface area contributed by atoms with Crippen LogP contribution in [0.1, 0.15) is 12.8 Å². The van der Waals surface area contributed by atoms with Crippen molar-refractivity contribution < 1.29 is 19.1 Å². The van der Waals surface area contributed by atoms with E-state index >= 15 is 0 Å². The summed E-state index contributed by atoms with van der Waals surface area (Å²) >= 11 is 0. The zero-order valence-corrected chi connectivity index (χ0v) is 10.4. The van der Waals surface area contributed by atoms with E-state index in [0.717, 1.165) is 0 Å². The first-order chi connectivity index (χ1) is 9.08. The molecule has 1 aromatic rings. The lowest BCUT2D eigenvalue weighted by Crippen LogP contribution is -2.37. The van der Waals surface area contributed by atoms with Crippen molar-refractivity contribution in [3.8, 4) is 0 Å². The summed E-state index contributed by atoms with van der Waals surface area (Å²) in [4.78, 5) is 33.8. The van der Waals surface area contributed by atoms with Crippen LogP contribution in [0.5, 0.6) is 0 Å². The van der Waals surface area contributed by atoms with Gasteiger partial charge in [0.1, 0.15) is 12.6 Å². The molecule has 1 atom stereocenters. The number of rotatable bonds is 4. The maximum atomic E-state index is 11.8. The minimum absolute atomic E-state index is 0.0213. The summed E-state index contributed by atoms with van der Waals surface area (Å²) in [6.45, 7) is -0.0213. The van der Waals surface area contributed by atoms with Gasteiger partial charge in [0.15, 0.2) is 0 Å². The second-order valence-electron chi connectivity index (χ2n) is 4.15. The fraction of sp³-hybridized carbons (Fsp3) is 0.455. The summed E-state index contributed by atoms with van der Waals surface area (Å²) in [5.74, 6) is -0.839. The number of hydrogen-bond acceptors (Lipinski definition) is 5. The largest absolute Gasteiger partial charge is 0.468 e. The van der Waals surface area contributed by atoms with E-state index in [4.69, 9.17) is 0 Å². The van der Waals surface area contributed by atoms with E-state index in [-0.39, 0.29) is 18.4 Å². The highest BCUT2D eigenvalue weighted by Gasteiger charge is 2.27. The van der Waals surface area contributed by atoms with E-state index in [0.29, 0.717) is 18.5 Å². The summed E-state index contributed by atoms with van der Waals surface area (Å²) in [7, 11) is 1.29. The fourth-order valence-corrected chi connectivity index (χ4v) is 1.75. The highest BCUT2D eigenvalue weighted by molar-refractivity contribution is 5.98. The standard InChI is InChI=1S/C11H14N4O4/c1-19-10(17)6-15-5-7(4-12-15)13-11(18)8-2-3-9(16)14-8/h4-5,8H,2-3,6H2,1H3,(H,13,18)(H,14,16)/t8-/m1/s1. The Kier molecular flexibility index (Phi) is 3.79. The third kappa shape index (κ3) is 3.30. The van der Waals surface area contributed by atoms with Crippen molar-refractivity contribution in [2.75, 3.05) is 12.4 Å². The molecule has 8 nitrogen and oxygen atoms in total. The normalized spacial score (nSPS) is 17.9. The van der Waals surface area contributed by atoms with E-state index < -0.39 is 12.0 Å². The zero-order chi connectivity index (χ0) is 13.8. The van der Waals surface area contributed by atoms with Crippen LogP contribution in [0.3, 0.4) is 0 Å². The van der Waals surface area contributed by atoms with E-state index in [1.807, 2.05) is 0 Å². The minimum Gasteiger partial charge on any atom is -0.468 e. The highest BCUT2D eigenvalue weighted by Crippen LogP contribution is 2.11. The number of hydrogen-bond donors (Lipinski definition) is 2. The second kappa shape index (κ2) is 5.51. The topological polar surface area (TPSA) is 102 Å². The Bertz CT molecular complexity index is 511. The van der Waals surface area contributed by atoms with Crippen molar-refractivity contribution in [3.63, 3.8) is 0 Å². The smallest absolute Gasteiger partial charge is 0.327 e. The molecule has 0 aliphatic carbocycles. The van der Waals surface area contributed by atoms with Gasteiger partial charge >= 0.3 is 5.97 Å². The third-order valence-corrected chi connectivity index (χ3v) is 2.73. The van der Waals surface area contributed by atoms with Gasteiger partial charge in [-0.3, -0.25) is 19.1 Å². The molecular formula is C11H14N4O4. The van der Waals surface area contributed by atoms with Crippen LogP contribution < -0.4 is 10.6 Å². The van der Waals surface area contributed by atoms with Gasteiger partial charge in [0.25, 0.3) is 0 Å². The number of nitrogens with zero attached hydrogens (tertiary/aromatic N) is 2. The molecule has 2 heterocycles. The van der Waals surface area contributed by atoms with Crippen molar-refractivity contribution >= 4 is 23.5 Å². The average molecular weight is 266 g/mol. The molecule has 19 heavy (non-hydrogen) atoms. The Morgan fingerprint density at radius 1 is 1.63 bits per heavy atom. The molecule has 1 aliphatic heterocycles. The number of nitrogens with one attached hydrogen (secondary N) is 2. The van der Waals surface area contributed by atoms with Gasteiger partial charge in [0, 0.05) is 12.6 Å². The monoisotopic (exact) mass is 266 g/mol. The summed E-state index contributed by atoms with van der Waals surface area (Å²) in [6.07, 6.45) is 3.80. The molecule has 0 spiro atoms. The molecule has 2 rings (SSSR count). The Morgan fingerprint density at radius 2 is 2.42 bits per heavy atom. The lowest BCUT2D eigenvalue weighted by atomic mass is 10.2. The minimum atomic E-state index is -0.503. The highest BCUT2D eigenvalue weighted by atomic mass is 16.5. The first-order valence-electron chi connectivity index (χ1n) is 5.78. The molecule has 0 bridgehead atoms. The van der Waals surface area contributed by atoms with E-state index in [9.17, 15) is 14.4 Å². The van der Waals surface area contributed by atoms with E-state index in [1.165, 1.54) is 24.2 Å². The van der Waals surface area contributed by atoms with Crippen LogP contribution in [0.4, 0.5) is 5.69 Å². The van der Waals surface area contributed by atoms with Crippen LogP contribution in [-0.4, -0.2) is 40.7 Å². The number of amides is 2. The zero-order valence-electron chi connectivity index (χ0n) is 10.4. The van der Waals surface area contributed by atoms with Gasteiger partial charge in [0.2, 0.25) is 11.8 Å². The molecule has 0 radical (unpaired) electrons. The molecule has 0 unspecified atom stereocenters. The predicted molar refractivity (Wildman–Crippen MR) is 64.0 cm³/mol. The molecule has 1 fully saturated rings. The van der Waals surface area contributed by atoms with Gasteiger partial charge in [-0.15, -0.1) is 0 Å². The van der Waals surface area contributed by atoms with Crippen molar-refractivity contribution in [2.24, 2.45) is 0 Å². The van der Waals surface area contributed by atoms with Crippen LogP contribution >= 0.6 is 0 Å². The predicted octanol–water partition coefficient (Wildman–Crippen LogP) is -0.727. The quantitative estimate of drug-likeness (QED) is 0.700. The van der Waals surface area contributed by atoms with Crippen molar-refractivity contribution in [2.45, 2.75) is 25.4 Å². The molecule has 1 aliphatic rings. The maximum absolute atomic E-state index is 11.8. The first kappa shape index (κ1) is 13.1. The van der Waals surface area contributed by atoms with Gasteiger partial charge in [-0.2, -0.15) is 5.10 Å². The fourth-order valence-electron chi connectivity index (χ4n) is 1.75. The number of carbonyl (C=O) groups is 3. The van der Waals surface area contributed by atoms with Crippen LogP contribution in [0, 0.1) is 0 Å². The number of ether oxygens (including phenoxy) is 1. The summed E-state index contributed by atoms with van der Waals surface area (Å²) in [6, 6.07) is -0.503. The van der Waals surface area contributed by atoms with Crippen molar-refractivity contribution in [3.05, 3.63) is 12.4 Å². The van der Waals surface area contributed by atoms with Crippen LogP contribution in [-0.2, 0) is 25.7 Å². The molecule has 1 saturated heterocycles. The van der Waals surface area contributed by atoms with Crippen LogP contribution in [0.15, 0.2) is 12.4 Å². The molecular weight excluding hydrogens is 252 g/mol. The van der Waals surface area contributed by atoms with Crippen molar-refractivity contribution in [1.29, 1.82) is 0 Å². The SMILES string of the molecule is COC(=O)Cn1cc(NC(=O)[C@H]2CCC(=O)N2)cn1. The average Bonchev–Trinajstić information content (AvgIpc) is 2.98. The van der Waals surface area contributed by atoms with Crippen LogP contribution in [0.25, 0.3) is 0 Å². The van der Waals surface area contributed by atoms with Gasteiger partial charge < -0.3 is 15.4 Å². The van der Waals surface area contributed by atoms with Crippen molar-refractivity contribution in [1.82, 2.24) is 15.1 Å². The number of anilines is 1. The van der Waals surface area contributed by atoms with Gasteiger partial charge in [0.05, 0.1) is 19.0 Å². The summed E-state index contributed by atoms with van der Waals surface area (Å²) in [5, 5.41) is 9.11. The third-order valence-electron chi connectivity index (χ3n) is 2.73. The van der Waals surface area contributed by atoms with Gasteiger partial charge in [-0.25, -0.2) is 0 Å². The second-order valence-corrected chi connectivity index (χ2v) is 4.15. The Hall–Kier alpha value is -2.38. The van der Waals surface area contributed by atoms with E-state index in [2.05, 4.69) is 20.5 Å². The van der Waals surface area contributed by atoms with Gasteiger partial charge in [-0.05, 0) is 6.42 Å². The van der Waals surface area contributed by atoms with E-state index in [1.54, 1.807) is 0 Å². The number of esters is 1. The molecule has 0 aromatic carbocycles. The Labute approximate surface area is 109 Å². The molecule has 0 saturated carbocycles. The molecule has 102 valence electrons. The molecule has 2 N–H and O–H groups in total. The van der Waals surface area contributed by atoms with Crippen LogP contribution in [0.2, 0.25) is 0 Å². The number of aromatic nitrogens is 2. The first-order valence-corrected chi connectivity index (χ1v) is 5.78. The Balaban J connectivity index is 1.90. The summed E-state index contributed by atoms with van der Waals surface area (Å²) < 4.78 is 5.86. The lowest BCUT2D eigenvalue weighted by molar-refractivity contribution is -0.141. The Morgan fingerprint density at radius 3 is 3.05 bits per heavy atom. The lowest BCUT2D eigenvalue weighted by Gasteiger charge is -2.08. The summed E-state index contributed by atoms with van der Waals surface area (Å²) in [5.41, 5.74) is 0.468. The molecule has 8 heteroatoms. The number of carbonyl (C=O) groups excluding carboxylic acids is 3. The van der Waals surface area contributed by atoms with Gasteiger partial charge in [-0.1, -0.05) is 0 Å². The molecule has 2 amide bonds.